The van der Waals surface area contributed by atoms with Crippen LogP contribution in [0.15, 0.2) is 72.8 Å². The third kappa shape index (κ3) is 4.87. The maximum atomic E-state index is 5.85. The van der Waals surface area contributed by atoms with E-state index in [2.05, 4.69) is 73.8 Å². The van der Waals surface area contributed by atoms with E-state index in [4.69, 9.17) is 4.74 Å². The number of aryl methyl sites for hydroxylation is 2. The van der Waals surface area contributed by atoms with Crippen molar-refractivity contribution < 1.29 is 4.74 Å². The van der Waals surface area contributed by atoms with Gasteiger partial charge in [0.2, 0.25) is 0 Å². The maximum Gasteiger partial charge on any atom is 0.119 e. The van der Waals surface area contributed by atoms with Gasteiger partial charge in [-0.1, -0.05) is 60.7 Å². The molecule has 0 heterocycles. The minimum Gasteiger partial charge on any atom is -0.493 e. The van der Waals surface area contributed by atoms with Crippen LogP contribution in [0.25, 0.3) is 0 Å². The van der Waals surface area contributed by atoms with Gasteiger partial charge in [-0.3, -0.25) is 0 Å². The minimum absolute atomic E-state index is 0.698. The first-order chi connectivity index (χ1) is 12.2. The van der Waals surface area contributed by atoms with Crippen molar-refractivity contribution in [1.29, 1.82) is 0 Å². The van der Waals surface area contributed by atoms with Crippen molar-refractivity contribution in [3.05, 3.63) is 95.1 Å². The van der Waals surface area contributed by atoms with Crippen molar-refractivity contribution in [3.63, 3.8) is 0 Å². The molecule has 0 spiro atoms. The molecule has 3 rings (SSSR count). The molecule has 0 radical (unpaired) electrons. The molecular formula is C23H25NO. The Hall–Kier alpha value is -2.74. The van der Waals surface area contributed by atoms with Gasteiger partial charge in [-0.05, 0) is 48.2 Å². The van der Waals surface area contributed by atoms with Gasteiger partial charge in [-0.15, -0.1) is 0 Å². The highest BCUT2D eigenvalue weighted by atomic mass is 16.5. The highest BCUT2D eigenvalue weighted by Crippen LogP contribution is 2.21. The van der Waals surface area contributed by atoms with Gasteiger partial charge in [0.05, 0.1) is 6.61 Å². The summed E-state index contributed by atoms with van der Waals surface area (Å²) in [6, 6.07) is 25.1. The van der Waals surface area contributed by atoms with E-state index in [1.165, 1.54) is 27.9 Å². The van der Waals surface area contributed by atoms with Crippen LogP contribution in [0.1, 0.15) is 22.3 Å². The van der Waals surface area contributed by atoms with Crippen molar-refractivity contribution in [3.8, 4) is 5.75 Å². The Balaban J connectivity index is 1.50. The van der Waals surface area contributed by atoms with Crippen LogP contribution in [0.5, 0.6) is 5.75 Å². The van der Waals surface area contributed by atoms with Gasteiger partial charge in [-0.25, -0.2) is 0 Å². The normalized spacial score (nSPS) is 10.5. The molecule has 0 aromatic heterocycles. The third-order valence-electron chi connectivity index (χ3n) is 4.38. The fraction of sp³-hybridized carbons (Fsp3) is 0.217. The van der Waals surface area contributed by atoms with Crippen LogP contribution in [-0.2, 0) is 13.0 Å². The highest BCUT2D eigenvalue weighted by molar-refractivity contribution is 5.56. The van der Waals surface area contributed by atoms with E-state index in [9.17, 15) is 0 Å². The number of hydrogen-bond acceptors (Lipinski definition) is 2. The van der Waals surface area contributed by atoms with Crippen LogP contribution < -0.4 is 10.1 Å². The van der Waals surface area contributed by atoms with E-state index in [-0.39, 0.29) is 0 Å². The lowest BCUT2D eigenvalue weighted by Gasteiger charge is -2.13. The molecule has 3 aromatic carbocycles. The molecule has 0 bridgehead atoms. The fourth-order valence-electron chi connectivity index (χ4n) is 2.92. The van der Waals surface area contributed by atoms with Crippen LogP contribution in [0.2, 0.25) is 0 Å². The molecule has 0 amide bonds. The van der Waals surface area contributed by atoms with Crippen LogP contribution in [0, 0.1) is 13.8 Å². The molecule has 0 saturated heterocycles. The summed E-state index contributed by atoms with van der Waals surface area (Å²) in [4.78, 5) is 0. The van der Waals surface area contributed by atoms with E-state index < -0.39 is 0 Å². The molecule has 0 aliphatic rings. The van der Waals surface area contributed by atoms with Crippen molar-refractivity contribution in [2.24, 2.45) is 0 Å². The Morgan fingerprint density at radius 3 is 2.08 bits per heavy atom. The number of rotatable bonds is 7. The summed E-state index contributed by atoms with van der Waals surface area (Å²) >= 11 is 0. The van der Waals surface area contributed by atoms with E-state index in [1.54, 1.807) is 0 Å². The summed E-state index contributed by atoms with van der Waals surface area (Å²) in [5, 5.41) is 3.54. The quantitative estimate of drug-likeness (QED) is 0.614. The first-order valence-corrected chi connectivity index (χ1v) is 8.78. The number of para-hydroxylation sites is 1. The zero-order valence-corrected chi connectivity index (χ0v) is 15.0. The van der Waals surface area contributed by atoms with Crippen molar-refractivity contribution in [2.45, 2.75) is 26.8 Å². The van der Waals surface area contributed by atoms with Gasteiger partial charge >= 0.3 is 0 Å². The lowest BCUT2D eigenvalue weighted by Crippen LogP contribution is -2.03. The third-order valence-corrected chi connectivity index (χ3v) is 4.38. The van der Waals surface area contributed by atoms with Gasteiger partial charge < -0.3 is 10.1 Å². The van der Waals surface area contributed by atoms with E-state index in [0.29, 0.717) is 6.61 Å². The first kappa shape index (κ1) is 17.1. The maximum absolute atomic E-state index is 5.85. The molecule has 0 atom stereocenters. The summed E-state index contributed by atoms with van der Waals surface area (Å²) in [5.74, 6) is 0.923. The zero-order chi connectivity index (χ0) is 17.5. The van der Waals surface area contributed by atoms with Gasteiger partial charge in [0.25, 0.3) is 0 Å². The summed E-state index contributed by atoms with van der Waals surface area (Å²) in [7, 11) is 0. The van der Waals surface area contributed by atoms with E-state index in [0.717, 1.165) is 18.7 Å². The lowest BCUT2D eigenvalue weighted by atomic mass is 10.1. The van der Waals surface area contributed by atoms with Crippen LogP contribution in [-0.4, -0.2) is 6.61 Å². The fourth-order valence-corrected chi connectivity index (χ4v) is 2.92. The Morgan fingerprint density at radius 1 is 0.720 bits per heavy atom. The Labute approximate surface area is 150 Å². The van der Waals surface area contributed by atoms with E-state index >= 15 is 0 Å². The molecule has 0 fully saturated rings. The SMILES string of the molecule is Cc1cccc(C)c1NCc1ccc(OCCc2ccccc2)cc1. The topological polar surface area (TPSA) is 21.3 Å². The van der Waals surface area contributed by atoms with E-state index in [1.807, 2.05) is 18.2 Å². The average Bonchev–Trinajstić information content (AvgIpc) is 2.63. The number of ether oxygens (including phenoxy) is 1. The smallest absolute Gasteiger partial charge is 0.119 e. The standard InChI is InChI=1S/C23H25NO/c1-18-7-6-8-19(2)23(18)24-17-21-11-13-22(14-12-21)25-16-15-20-9-4-3-5-10-20/h3-14,24H,15-17H2,1-2H3. The molecular weight excluding hydrogens is 306 g/mol. The average molecular weight is 331 g/mol. The van der Waals surface area contributed by atoms with Crippen LogP contribution in [0.3, 0.4) is 0 Å². The number of benzene rings is 3. The highest BCUT2D eigenvalue weighted by Gasteiger charge is 2.02. The molecule has 2 nitrogen and oxygen atoms in total. The lowest BCUT2D eigenvalue weighted by molar-refractivity contribution is 0.322. The second-order valence-electron chi connectivity index (χ2n) is 6.35. The Bertz CT molecular complexity index is 774. The summed E-state index contributed by atoms with van der Waals surface area (Å²) in [6.07, 6.45) is 0.927. The molecule has 0 saturated carbocycles. The molecule has 2 heteroatoms. The second kappa shape index (κ2) is 8.39. The van der Waals surface area contributed by atoms with Crippen LogP contribution in [0.4, 0.5) is 5.69 Å². The van der Waals surface area contributed by atoms with Crippen LogP contribution >= 0.6 is 0 Å². The summed E-state index contributed by atoms with van der Waals surface area (Å²) in [5.41, 5.74) is 6.34. The van der Waals surface area contributed by atoms with Gasteiger partial charge in [0, 0.05) is 18.7 Å². The molecule has 1 N–H and O–H groups in total. The number of nitrogens with one attached hydrogen (secondary N) is 1. The zero-order valence-electron chi connectivity index (χ0n) is 15.0. The first-order valence-electron chi connectivity index (χ1n) is 8.78. The van der Waals surface area contributed by atoms with Gasteiger partial charge in [0.1, 0.15) is 5.75 Å². The predicted octanol–water partition coefficient (Wildman–Crippen LogP) is 5.54. The van der Waals surface area contributed by atoms with Crippen molar-refractivity contribution in [2.75, 3.05) is 11.9 Å². The summed E-state index contributed by atoms with van der Waals surface area (Å²) in [6.45, 7) is 5.79. The molecule has 25 heavy (non-hydrogen) atoms. The van der Waals surface area contributed by atoms with Crippen molar-refractivity contribution in [1.82, 2.24) is 0 Å². The van der Waals surface area contributed by atoms with Gasteiger partial charge in [0.15, 0.2) is 0 Å². The second-order valence-corrected chi connectivity index (χ2v) is 6.35. The monoisotopic (exact) mass is 331 g/mol. The number of hydrogen-bond donors (Lipinski definition) is 1. The molecule has 128 valence electrons. The largest absolute Gasteiger partial charge is 0.493 e. The summed E-state index contributed by atoms with van der Waals surface area (Å²) < 4.78 is 5.85. The predicted molar refractivity (Wildman–Crippen MR) is 105 cm³/mol. The van der Waals surface area contributed by atoms with Gasteiger partial charge in [-0.2, -0.15) is 0 Å². The Morgan fingerprint density at radius 2 is 1.40 bits per heavy atom. The number of anilines is 1. The minimum atomic E-state index is 0.698. The van der Waals surface area contributed by atoms with Crippen molar-refractivity contribution >= 4 is 5.69 Å². The molecule has 0 unspecified atom stereocenters. The Kier molecular flexibility index (Phi) is 5.73. The molecule has 3 aromatic rings. The molecule has 0 aliphatic heterocycles. The molecule has 0 aliphatic carbocycles.